The van der Waals surface area contributed by atoms with Crippen LogP contribution in [0, 0.1) is 6.92 Å². The maximum absolute atomic E-state index is 7.07. The fraction of sp³-hybridized carbons (Fsp3) is 0.528. The molecule has 12 heteroatoms. The third kappa shape index (κ3) is 7.94. The summed E-state index contributed by atoms with van der Waals surface area (Å²) in [5.41, 5.74) is 9.33. The number of anilines is 1. The van der Waals surface area contributed by atoms with Gasteiger partial charge in [-0.15, -0.1) is 0 Å². The molecule has 2 aromatic heterocycles. The van der Waals surface area contributed by atoms with Gasteiger partial charge in [0.1, 0.15) is 24.7 Å². The molecule has 48 heavy (non-hydrogen) atoms. The Morgan fingerprint density at radius 3 is 2.15 bits per heavy atom. The number of rotatable bonds is 11. The Morgan fingerprint density at radius 2 is 1.52 bits per heavy atom. The quantitative estimate of drug-likeness (QED) is 0.154. The first kappa shape index (κ1) is 36.0. The van der Waals surface area contributed by atoms with Crippen molar-refractivity contribution in [2.24, 2.45) is 0 Å². The molecule has 10 nitrogen and oxygen atoms in total. The monoisotopic (exact) mass is 691 g/mol. The lowest BCUT2D eigenvalue weighted by Crippen LogP contribution is -2.48. The van der Waals surface area contributed by atoms with E-state index in [0.717, 1.165) is 11.1 Å². The summed E-state index contributed by atoms with van der Waals surface area (Å²) in [4.78, 5) is 14.0. The van der Waals surface area contributed by atoms with Crippen LogP contribution in [0.15, 0.2) is 54.6 Å². The van der Waals surface area contributed by atoms with Crippen LogP contribution < -0.4 is 15.2 Å². The first-order chi connectivity index (χ1) is 22.3. The van der Waals surface area contributed by atoms with E-state index in [-0.39, 0.29) is 34.1 Å². The molecule has 5 rings (SSSR count). The molecule has 260 valence electrons. The van der Waals surface area contributed by atoms with Crippen molar-refractivity contribution in [2.45, 2.75) is 116 Å². The molecule has 0 spiro atoms. The molecule has 0 unspecified atom stereocenters. The average molecular weight is 692 g/mol. The van der Waals surface area contributed by atoms with E-state index in [1.54, 1.807) is 0 Å². The summed E-state index contributed by atoms with van der Waals surface area (Å²) in [6.07, 6.45) is -0.485. The largest absolute Gasteiger partial charge is 0.471 e. The van der Waals surface area contributed by atoms with Gasteiger partial charge in [0.25, 0.3) is 0 Å². The van der Waals surface area contributed by atoms with Crippen LogP contribution in [0.4, 0.5) is 5.95 Å². The number of benzene rings is 2. The van der Waals surface area contributed by atoms with Gasteiger partial charge in [-0.3, -0.25) is 4.57 Å². The highest BCUT2D eigenvalue weighted by Gasteiger charge is 2.47. The van der Waals surface area contributed by atoms with Gasteiger partial charge in [-0.25, -0.2) is 0 Å². The van der Waals surface area contributed by atoms with Crippen LogP contribution in [-0.4, -0.2) is 55.0 Å². The minimum Gasteiger partial charge on any atom is -0.471 e. The van der Waals surface area contributed by atoms with E-state index in [9.17, 15) is 0 Å². The molecule has 1 aliphatic rings. The molecule has 1 saturated heterocycles. The van der Waals surface area contributed by atoms with Gasteiger partial charge in [-0.2, -0.15) is 15.0 Å². The van der Waals surface area contributed by atoms with Crippen LogP contribution in [0.5, 0.6) is 17.6 Å². The van der Waals surface area contributed by atoms with E-state index >= 15 is 0 Å². The Hall–Kier alpha value is -3.30. The van der Waals surface area contributed by atoms with Gasteiger partial charge in [0.2, 0.25) is 11.8 Å². The lowest BCUT2D eigenvalue weighted by Gasteiger charge is -2.40. The third-order valence-electron chi connectivity index (χ3n) is 10.1. The summed E-state index contributed by atoms with van der Waals surface area (Å²) in [5, 5.41) is 0.0744. The molecule has 0 amide bonds. The number of nitrogen functional groups attached to an aromatic ring is 1. The smallest absolute Gasteiger partial charge is 0.306 e. The van der Waals surface area contributed by atoms with E-state index < -0.39 is 22.9 Å². The zero-order valence-corrected chi connectivity index (χ0v) is 32.5. The molecule has 0 aliphatic carbocycles. The lowest BCUT2D eigenvalue weighted by atomic mass is 10.2. The van der Waals surface area contributed by atoms with Crippen LogP contribution in [0.25, 0.3) is 11.2 Å². The summed E-state index contributed by atoms with van der Waals surface area (Å²) < 4.78 is 35.2. The second-order valence-electron chi connectivity index (χ2n) is 15.9. The van der Waals surface area contributed by atoms with Gasteiger partial charge in [0.15, 0.2) is 27.8 Å². The van der Waals surface area contributed by atoms with Crippen molar-refractivity contribution in [1.82, 2.24) is 19.5 Å². The van der Waals surface area contributed by atoms with E-state index in [0.29, 0.717) is 42.6 Å². The van der Waals surface area contributed by atoms with Crippen molar-refractivity contribution in [3.63, 3.8) is 0 Å². The van der Waals surface area contributed by atoms with Crippen molar-refractivity contribution in [3.05, 3.63) is 65.7 Å². The van der Waals surface area contributed by atoms with Crippen LogP contribution >= 0.6 is 0 Å². The maximum atomic E-state index is 7.07. The predicted molar refractivity (Wildman–Crippen MR) is 196 cm³/mol. The molecule has 1 aliphatic heterocycles. The van der Waals surface area contributed by atoms with Crippen molar-refractivity contribution < 1.29 is 23.1 Å². The van der Waals surface area contributed by atoms with Gasteiger partial charge in [-0.1, -0.05) is 89.6 Å². The van der Waals surface area contributed by atoms with Crippen LogP contribution in [-0.2, 0) is 20.2 Å². The Balaban J connectivity index is 1.56. The standard InChI is InChI=1S/C36H53N5O5Si2/c1-24-17-19-26(20-18-24)44-34-38-30-31(39-33(37)40-32(30)42-22-25-15-13-12-14-16-25)41(34)29-21-27(46-48(10,11)36(5,6)7)28(45-29)23-43-47(8,9)35(2,3)4/h12-20,27-29H,21-23H2,1-11H3,(H2,37,39,40)/t27-,28+,29+/m0/s1. The van der Waals surface area contributed by atoms with Gasteiger partial charge in [-0.05, 0) is 60.9 Å². The van der Waals surface area contributed by atoms with Gasteiger partial charge in [0.05, 0.1) is 12.7 Å². The SMILES string of the molecule is Cc1ccc(Oc2nc3c(OCc4ccccc4)nc(N)nc3n2[C@H]2C[C@H](O[Si](C)(C)C(C)(C)C)[C@@H](CO[Si](C)(C)C(C)(C)C)O2)cc1. The molecule has 2 N–H and O–H groups in total. The summed E-state index contributed by atoms with van der Waals surface area (Å²) >= 11 is 0. The van der Waals surface area contributed by atoms with Crippen molar-refractivity contribution in [1.29, 1.82) is 0 Å². The van der Waals surface area contributed by atoms with Crippen molar-refractivity contribution >= 4 is 33.7 Å². The second-order valence-corrected chi connectivity index (χ2v) is 25.4. The number of imidazole rings is 1. The molecule has 2 aromatic carbocycles. The lowest BCUT2D eigenvalue weighted by molar-refractivity contribution is -0.0400. The topological polar surface area (TPSA) is 116 Å². The highest BCUT2D eigenvalue weighted by atomic mass is 28.4. The summed E-state index contributed by atoms with van der Waals surface area (Å²) in [6, 6.07) is 18.0. The first-order valence-electron chi connectivity index (χ1n) is 16.8. The summed E-state index contributed by atoms with van der Waals surface area (Å²) in [5.74, 6) is 0.979. The Morgan fingerprint density at radius 1 is 0.875 bits per heavy atom. The van der Waals surface area contributed by atoms with E-state index in [2.05, 4.69) is 77.7 Å². The number of nitrogens with zero attached hydrogens (tertiary/aromatic N) is 4. The predicted octanol–water partition coefficient (Wildman–Crippen LogP) is 8.79. The average Bonchev–Trinajstić information content (AvgIpc) is 3.55. The van der Waals surface area contributed by atoms with Crippen LogP contribution in [0.2, 0.25) is 36.3 Å². The fourth-order valence-corrected chi connectivity index (χ4v) is 7.38. The van der Waals surface area contributed by atoms with Gasteiger partial charge in [0, 0.05) is 6.42 Å². The Kier molecular flexibility index (Phi) is 10.2. The number of aryl methyl sites for hydroxylation is 1. The van der Waals surface area contributed by atoms with Crippen LogP contribution in [0.3, 0.4) is 0 Å². The number of nitrogens with two attached hydrogens (primary N) is 1. The molecular weight excluding hydrogens is 639 g/mol. The van der Waals surface area contributed by atoms with Crippen molar-refractivity contribution in [2.75, 3.05) is 12.3 Å². The molecular formula is C36H53N5O5Si2. The molecule has 1 fully saturated rings. The van der Waals surface area contributed by atoms with Gasteiger partial charge >= 0.3 is 6.01 Å². The summed E-state index contributed by atoms with van der Waals surface area (Å²) in [6.45, 7) is 25.3. The fourth-order valence-electron chi connectivity index (χ4n) is 5.01. The van der Waals surface area contributed by atoms with E-state index in [4.69, 9.17) is 33.8 Å². The highest BCUT2D eigenvalue weighted by molar-refractivity contribution is 6.74. The normalized spacial score (nSPS) is 19.2. The first-order valence-corrected chi connectivity index (χ1v) is 22.6. The Bertz CT molecular complexity index is 1700. The number of hydrogen-bond acceptors (Lipinski definition) is 9. The zero-order chi connectivity index (χ0) is 35.1. The molecule has 0 saturated carbocycles. The minimum absolute atomic E-state index is 0.0179. The highest BCUT2D eigenvalue weighted by Crippen LogP contribution is 2.44. The third-order valence-corrected chi connectivity index (χ3v) is 19.1. The molecule has 0 radical (unpaired) electrons. The minimum atomic E-state index is -2.18. The summed E-state index contributed by atoms with van der Waals surface area (Å²) in [7, 11) is -4.25. The number of fused-ring (bicyclic) bond motifs is 1. The molecule has 0 bridgehead atoms. The zero-order valence-electron chi connectivity index (χ0n) is 30.5. The van der Waals surface area contributed by atoms with Gasteiger partial charge < -0.3 is 28.8 Å². The molecule has 3 atom stereocenters. The van der Waals surface area contributed by atoms with E-state index in [1.807, 2.05) is 66.1 Å². The molecule has 3 heterocycles. The second kappa shape index (κ2) is 13.5. The number of aromatic nitrogens is 4. The Labute approximate surface area is 287 Å². The number of hydrogen-bond donors (Lipinski definition) is 1. The number of ether oxygens (including phenoxy) is 3. The molecule has 4 aromatic rings. The maximum Gasteiger partial charge on any atom is 0.306 e. The van der Waals surface area contributed by atoms with Crippen molar-refractivity contribution in [3.8, 4) is 17.6 Å². The van der Waals surface area contributed by atoms with E-state index in [1.165, 1.54) is 0 Å². The van der Waals surface area contributed by atoms with Crippen LogP contribution in [0.1, 0.15) is 65.3 Å².